The number of ether oxygens (including phenoxy) is 7. The van der Waals surface area contributed by atoms with E-state index in [1.165, 1.54) is 0 Å². The molecule has 4 fully saturated rings. The lowest BCUT2D eigenvalue weighted by Gasteiger charge is -2.49. The Morgan fingerprint density at radius 3 is 1.31 bits per heavy atom. The molecule has 4 saturated heterocycles. The molecule has 4 rings (SSSR count). The summed E-state index contributed by atoms with van der Waals surface area (Å²) in [6.45, 7) is -2.36. The van der Waals surface area contributed by atoms with Gasteiger partial charge in [0, 0.05) is 6.92 Å². The van der Waals surface area contributed by atoms with Crippen LogP contribution >= 0.6 is 0 Å². The molecule has 4 aliphatic heterocycles. The van der Waals surface area contributed by atoms with E-state index in [1.807, 2.05) is 0 Å². The van der Waals surface area contributed by atoms with Crippen molar-refractivity contribution in [2.45, 2.75) is 130 Å². The zero-order valence-electron chi connectivity index (χ0n) is 25.5. The molecule has 0 bridgehead atoms. The van der Waals surface area contributed by atoms with E-state index in [0.29, 0.717) is 0 Å². The summed E-state index contributed by atoms with van der Waals surface area (Å²) in [6, 6.07) is -1.46. The van der Waals surface area contributed by atoms with Crippen molar-refractivity contribution in [1.82, 2.24) is 5.32 Å². The lowest BCUT2D eigenvalue weighted by atomic mass is 9.95. The lowest BCUT2D eigenvalue weighted by Crippen LogP contribution is -2.68. The first kappa shape index (κ1) is 39.5. The first-order valence-corrected chi connectivity index (χ1v) is 15.1. The number of aliphatic hydroxyl groups excluding tert-OH is 13. The maximum Gasteiger partial charge on any atom is 0.217 e. The Bertz CT molecular complexity index is 1030. The van der Waals surface area contributed by atoms with Gasteiger partial charge in [-0.1, -0.05) is 0 Å². The van der Waals surface area contributed by atoms with Gasteiger partial charge in [0.1, 0.15) is 97.6 Å². The van der Waals surface area contributed by atoms with Crippen molar-refractivity contribution in [2.24, 2.45) is 0 Å². The normalized spacial score (nSPS) is 50.2. The van der Waals surface area contributed by atoms with E-state index in [1.54, 1.807) is 0 Å². The molecule has 280 valence electrons. The molecule has 0 aromatic carbocycles. The van der Waals surface area contributed by atoms with Gasteiger partial charge in [0.15, 0.2) is 25.2 Å². The van der Waals surface area contributed by atoms with E-state index < -0.39 is 155 Å². The molecule has 20 atom stereocenters. The van der Waals surface area contributed by atoms with Gasteiger partial charge >= 0.3 is 0 Å². The molecule has 0 aliphatic carbocycles. The van der Waals surface area contributed by atoms with Crippen LogP contribution in [0.5, 0.6) is 0 Å². The Hall–Kier alpha value is -1.33. The minimum atomic E-state index is -2.06. The average Bonchev–Trinajstić information content (AvgIpc) is 3.06. The van der Waals surface area contributed by atoms with Crippen molar-refractivity contribution in [2.75, 3.05) is 26.4 Å². The molecule has 48 heavy (non-hydrogen) atoms. The van der Waals surface area contributed by atoms with Crippen molar-refractivity contribution in [3.05, 3.63) is 0 Å². The number of aliphatic hydroxyl groups is 13. The van der Waals surface area contributed by atoms with Crippen LogP contribution in [0, 0.1) is 0 Å². The number of amides is 1. The summed E-state index contributed by atoms with van der Waals surface area (Å²) in [5.41, 5.74) is 0. The van der Waals surface area contributed by atoms with Crippen LogP contribution < -0.4 is 5.32 Å². The van der Waals surface area contributed by atoms with Crippen LogP contribution in [-0.2, 0) is 38.0 Å². The van der Waals surface area contributed by atoms with E-state index in [4.69, 9.17) is 33.2 Å². The van der Waals surface area contributed by atoms with Crippen molar-refractivity contribution in [3.63, 3.8) is 0 Å². The van der Waals surface area contributed by atoms with Gasteiger partial charge in [-0.3, -0.25) is 4.79 Å². The predicted molar refractivity (Wildman–Crippen MR) is 145 cm³/mol. The van der Waals surface area contributed by atoms with Gasteiger partial charge in [-0.25, -0.2) is 0 Å². The third kappa shape index (κ3) is 8.08. The van der Waals surface area contributed by atoms with E-state index in [0.717, 1.165) is 6.92 Å². The van der Waals surface area contributed by atoms with Gasteiger partial charge in [0.2, 0.25) is 5.91 Å². The first-order chi connectivity index (χ1) is 22.7. The molecule has 4 heterocycles. The smallest absolute Gasteiger partial charge is 0.217 e. The molecule has 0 unspecified atom stereocenters. The van der Waals surface area contributed by atoms with Crippen LogP contribution in [0.2, 0.25) is 0 Å². The summed E-state index contributed by atoms with van der Waals surface area (Å²) in [6.07, 6.45) is -33.9. The minimum Gasteiger partial charge on any atom is -0.394 e. The monoisotopic (exact) mass is 707 g/mol. The van der Waals surface area contributed by atoms with Crippen LogP contribution in [0.3, 0.4) is 0 Å². The van der Waals surface area contributed by atoms with Gasteiger partial charge in [-0.2, -0.15) is 0 Å². The fourth-order valence-electron chi connectivity index (χ4n) is 5.94. The third-order valence-electron chi connectivity index (χ3n) is 8.61. The SMILES string of the molecule is CC(=O)N[C@@H]1[C@@H](O)[C@H](O[C@H]2O[C@H](CO)[C@@H](O)[C@H](O[C@H]3O[C@H](CO)[C@@H](O)[C@H](O[C@H]4O[C@H](CO)[C@@H](O)[C@H](O)[C@@H]4O)[C@@H]3O)[C@@H]2O)[C@@H](CO)O[C@H]1O. The molecule has 22 nitrogen and oxygen atoms in total. The van der Waals surface area contributed by atoms with Crippen LogP contribution in [-0.4, -0.2) is 221 Å². The topological polar surface area (TPSA) is 357 Å². The summed E-state index contributed by atoms with van der Waals surface area (Å²) in [5.74, 6) is -0.667. The second-order valence-corrected chi connectivity index (χ2v) is 11.9. The summed E-state index contributed by atoms with van der Waals surface area (Å²) in [4.78, 5) is 11.6. The third-order valence-corrected chi connectivity index (χ3v) is 8.61. The zero-order chi connectivity index (χ0) is 35.6. The highest BCUT2D eigenvalue weighted by atomic mass is 16.8. The second kappa shape index (κ2) is 16.8. The molecule has 22 heteroatoms. The molecule has 4 aliphatic rings. The van der Waals surface area contributed by atoms with E-state index >= 15 is 0 Å². The standard InChI is InChI=1S/C26H45NO21/c1-6(32)27-11-15(36)20(10(5-31)42-23(11)41)46-25-18(39)22(14(35)8(3-29)44-25)48-26-19(40)21(13(34)9(4-30)45-26)47-24-17(38)16(37)12(33)7(2-28)43-24/h7-26,28-31,33-41H,2-5H2,1H3,(H,27,32)/t7-,8-,9-,10-,11-,12-,13-,14-,15-,16+,17+,18+,19+,20-,21+,22+,23-,24-,25-,26-/m1/s1. The number of nitrogens with one attached hydrogen (secondary N) is 1. The second-order valence-electron chi connectivity index (χ2n) is 11.9. The van der Waals surface area contributed by atoms with Gasteiger partial charge < -0.3 is 105 Å². The molecule has 0 saturated carbocycles. The maximum absolute atomic E-state index is 11.6. The minimum absolute atomic E-state index is 0.667. The highest BCUT2D eigenvalue weighted by Crippen LogP contribution is 2.34. The molecular formula is C26H45NO21. The van der Waals surface area contributed by atoms with Gasteiger partial charge in [-0.15, -0.1) is 0 Å². The zero-order valence-corrected chi connectivity index (χ0v) is 25.5. The Balaban J connectivity index is 1.54. The molecule has 0 aromatic heterocycles. The summed E-state index contributed by atoms with van der Waals surface area (Å²) < 4.78 is 38.3. The Morgan fingerprint density at radius 1 is 0.500 bits per heavy atom. The number of carbonyl (C=O) groups excluding carboxylic acids is 1. The molecule has 14 N–H and O–H groups in total. The quantitative estimate of drug-likeness (QED) is 0.0947. The predicted octanol–water partition coefficient (Wildman–Crippen LogP) is -9.61. The number of hydrogen-bond acceptors (Lipinski definition) is 21. The molecule has 1 amide bonds. The Kier molecular flexibility index (Phi) is 13.8. The van der Waals surface area contributed by atoms with Gasteiger partial charge in [0.05, 0.1) is 26.4 Å². The van der Waals surface area contributed by atoms with E-state index in [-0.39, 0.29) is 0 Å². The fourth-order valence-corrected chi connectivity index (χ4v) is 5.94. The van der Waals surface area contributed by atoms with Crippen molar-refractivity contribution >= 4 is 5.91 Å². The summed E-state index contributed by atoms with van der Waals surface area (Å²) in [5, 5.41) is 137. The van der Waals surface area contributed by atoms with Crippen molar-refractivity contribution in [1.29, 1.82) is 0 Å². The highest BCUT2D eigenvalue weighted by Gasteiger charge is 2.55. The Morgan fingerprint density at radius 2 is 0.896 bits per heavy atom. The largest absolute Gasteiger partial charge is 0.394 e. The molecular weight excluding hydrogens is 662 g/mol. The van der Waals surface area contributed by atoms with Gasteiger partial charge in [-0.05, 0) is 0 Å². The number of rotatable bonds is 11. The van der Waals surface area contributed by atoms with E-state index in [9.17, 15) is 71.2 Å². The summed E-state index contributed by atoms with van der Waals surface area (Å²) >= 11 is 0. The van der Waals surface area contributed by atoms with Gasteiger partial charge in [0.25, 0.3) is 0 Å². The van der Waals surface area contributed by atoms with Crippen molar-refractivity contribution in [3.8, 4) is 0 Å². The average molecular weight is 708 g/mol. The lowest BCUT2D eigenvalue weighted by molar-refractivity contribution is -0.387. The molecule has 0 aromatic rings. The molecule has 0 radical (unpaired) electrons. The van der Waals surface area contributed by atoms with E-state index in [2.05, 4.69) is 5.32 Å². The fraction of sp³-hybridized carbons (Fsp3) is 0.962. The number of carbonyl (C=O) groups is 1. The molecule has 0 spiro atoms. The summed E-state index contributed by atoms with van der Waals surface area (Å²) in [7, 11) is 0. The van der Waals surface area contributed by atoms with Crippen molar-refractivity contribution < 1.29 is 104 Å². The highest BCUT2D eigenvalue weighted by molar-refractivity contribution is 5.73. The first-order valence-electron chi connectivity index (χ1n) is 15.1. The number of hydrogen-bond donors (Lipinski definition) is 14. The van der Waals surface area contributed by atoms with Crippen LogP contribution in [0.25, 0.3) is 0 Å². The van der Waals surface area contributed by atoms with Crippen LogP contribution in [0.1, 0.15) is 6.92 Å². The van der Waals surface area contributed by atoms with Crippen LogP contribution in [0.4, 0.5) is 0 Å². The Labute approximate surface area is 272 Å². The maximum atomic E-state index is 11.6. The van der Waals surface area contributed by atoms with Crippen LogP contribution in [0.15, 0.2) is 0 Å².